The van der Waals surface area contributed by atoms with Crippen LogP contribution in [-0.2, 0) is 9.53 Å². The number of hydrogen-bond donors (Lipinski definition) is 2. The van der Waals surface area contributed by atoms with Gasteiger partial charge in [0.05, 0.1) is 25.3 Å². The van der Waals surface area contributed by atoms with Gasteiger partial charge in [-0.15, -0.1) is 0 Å². The number of hydrogen-bond acceptors (Lipinski definition) is 7. The van der Waals surface area contributed by atoms with Crippen LogP contribution in [0.4, 0.5) is 20.7 Å². The van der Waals surface area contributed by atoms with E-state index in [-0.39, 0.29) is 25.4 Å². The van der Waals surface area contributed by atoms with Crippen LogP contribution in [0, 0.1) is 5.82 Å². The largest absolute Gasteiger partial charge is 0.442 e. The summed E-state index contributed by atoms with van der Waals surface area (Å²) < 4.78 is 20.3. The summed E-state index contributed by atoms with van der Waals surface area (Å²) in [5.41, 5.74) is 4.27. The minimum Gasteiger partial charge on any atom is -0.442 e. The normalized spacial score (nSPS) is 17.7. The molecule has 0 radical (unpaired) electrons. The Morgan fingerprint density at radius 3 is 2.91 bits per heavy atom. The predicted octanol–water partition coefficient (Wildman–Crippen LogP) is 3.02. The van der Waals surface area contributed by atoms with Crippen LogP contribution >= 0.6 is 15.9 Å². The van der Waals surface area contributed by atoms with Crippen LogP contribution < -0.4 is 20.5 Å². The van der Waals surface area contributed by atoms with Gasteiger partial charge in [0.1, 0.15) is 24.1 Å². The van der Waals surface area contributed by atoms with Crippen molar-refractivity contribution in [3.05, 3.63) is 54.5 Å². The van der Waals surface area contributed by atoms with E-state index in [2.05, 4.69) is 36.8 Å². The van der Waals surface area contributed by atoms with Crippen LogP contribution in [0.5, 0.6) is 0 Å². The molecule has 34 heavy (non-hydrogen) atoms. The quantitative estimate of drug-likeness (QED) is 0.402. The van der Waals surface area contributed by atoms with Crippen molar-refractivity contribution in [2.24, 2.45) is 5.10 Å². The number of hydrazone groups is 1. The van der Waals surface area contributed by atoms with Crippen LogP contribution in [0.15, 0.2) is 53.8 Å². The molecule has 0 unspecified atom stereocenters. The third kappa shape index (κ3) is 5.71. The summed E-state index contributed by atoms with van der Waals surface area (Å²) in [5, 5.41) is 7.43. The monoisotopic (exact) mass is 530 g/mol. The van der Waals surface area contributed by atoms with E-state index in [0.29, 0.717) is 22.1 Å². The number of anilines is 2. The Hall–Kier alpha value is -3.47. The van der Waals surface area contributed by atoms with Gasteiger partial charge in [-0.25, -0.2) is 14.2 Å². The molecule has 2 aromatic rings. The molecule has 0 bridgehead atoms. The highest BCUT2D eigenvalue weighted by Gasteiger charge is 2.32. The summed E-state index contributed by atoms with van der Waals surface area (Å²) in [6.07, 6.45) is 6.03. The number of aromatic nitrogens is 1. The minimum atomic E-state index is -0.575. The van der Waals surface area contributed by atoms with E-state index in [9.17, 15) is 14.0 Å². The molecule has 2 aliphatic rings. The van der Waals surface area contributed by atoms with Crippen molar-refractivity contribution in [1.29, 1.82) is 0 Å². The summed E-state index contributed by atoms with van der Waals surface area (Å²) >= 11 is 3.25. The number of pyridine rings is 1. The van der Waals surface area contributed by atoms with Crippen LogP contribution in [0.1, 0.15) is 6.42 Å². The average molecular weight is 531 g/mol. The molecular weight excluding hydrogens is 507 g/mol. The third-order valence-corrected chi connectivity index (χ3v) is 5.70. The first-order valence-electron chi connectivity index (χ1n) is 10.8. The summed E-state index contributed by atoms with van der Waals surface area (Å²) in [4.78, 5) is 31.8. The number of nitrogens with one attached hydrogen (secondary N) is 2. The lowest BCUT2D eigenvalue weighted by Gasteiger charge is -2.21. The fraction of sp³-hybridized carbons (Fsp3) is 0.304. The van der Waals surface area contributed by atoms with E-state index < -0.39 is 18.0 Å². The fourth-order valence-electron chi connectivity index (χ4n) is 3.59. The lowest BCUT2D eigenvalue weighted by Crippen LogP contribution is -2.35. The molecule has 11 heteroatoms. The van der Waals surface area contributed by atoms with Gasteiger partial charge >= 0.3 is 6.09 Å². The molecule has 1 aromatic carbocycles. The van der Waals surface area contributed by atoms with Crippen molar-refractivity contribution in [2.45, 2.75) is 12.5 Å². The van der Waals surface area contributed by atoms with Crippen molar-refractivity contribution < 1.29 is 18.7 Å². The molecule has 178 valence electrons. The van der Waals surface area contributed by atoms with Crippen molar-refractivity contribution in [3.63, 3.8) is 0 Å². The van der Waals surface area contributed by atoms with Gasteiger partial charge in [-0.1, -0.05) is 28.1 Å². The molecule has 4 rings (SSSR count). The van der Waals surface area contributed by atoms with Crippen molar-refractivity contribution >= 4 is 45.8 Å². The van der Waals surface area contributed by atoms with E-state index in [4.69, 9.17) is 4.74 Å². The van der Waals surface area contributed by atoms with Gasteiger partial charge in [-0.2, -0.15) is 5.10 Å². The number of cyclic esters (lactones) is 1. The van der Waals surface area contributed by atoms with E-state index >= 15 is 0 Å². The molecule has 2 N–H and O–H groups in total. The molecule has 3 heterocycles. The maximum Gasteiger partial charge on any atom is 0.414 e. The van der Waals surface area contributed by atoms with Crippen LogP contribution in [0.25, 0.3) is 11.1 Å². The lowest BCUT2D eigenvalue weighted by atomic mass is 10.1. The Balaban J connectivity index is 1.38. The summed E-state index contributed by atoms with van der Waals surface area (Å²) in [5.74, 6) is 0.0907. The number of amides is 2. The van der Waals surface area contributed by atoms with Crippen molar-refractivity contribution in [1.82, 2.24) is 15.7 Å². The van der Waals surface area contributed by atoms with Gasteiger partial charge < -0.3 is 20.4 Å². The second-order valence-electron chi connectivity index (χ2n) is 7.67. The zero-order valence-corrected chi connectivity index (χ0v) is 19.9. The average Bonchev–Trinajstić information content (AvgIpc) is 3.24. The Bertz CT molecular complexity index is 1090. The lowest BCUT2D eigenvalue weighted by molar-refractivity contribution is -0.120. The SMILES string of the molecule is O=C(C/C=C\CBr)NC[C@H]1CN(c2ccc(-c3ccc(N4C=NNCC4)nc3)c(F)c2)C(=O)O1. The van der Waals surface area contributed by atoms with E-state index in [0.717, 1.165) is 18.9 Å². The predicted molar refractivity (Wildman–Crippen MR) is 132 cm³/mol. The van der Waals surface area contributed by atoms with Gasteiger partial charge in [0.25, 0.3) is 0 Å². The second kappa shape index (κ2) is 11.1. The highest BCUT2D eigenvalue weighted by molar-refractivity contribution is 9.09. The number of alkyl halides is 1. The van der Waals surface area contributed by atoms with E-state index in [1.165, 1.54) is 11.0 Å². The maximum absolute atomic E-state index is 15.0. The molecule has 2 aliphatic heterocycles. The summed E-state index contributed by atoms with van der Waals surface area (Å²) in [6.45, 7) is 1.87. The highest BCUT2D eigenvalue weighted by Crippen LogP contribution is 2.29. The van der Waals surface area contributed by atoms with E-state index in [1.54, 1.807) is 36.8 Å². The third-order valence-electron chi connectivity index (χ3n) is 5.33. The number of benzene rings is 1. The molecule has 1 fully saturated rings. The molecule has 0 saturated carbocycles. The number of carbonyl (C=O) groups excluding carboxylic acids is 2. The van der Waals surface area contributed by atoms with E-state index in [1.807, 2.05) is 17.0 Å². The van der Waals surface area contributed by atoms with Gasteiger partial charge in [-0.3, -0.25) is 9.69 Å². The topological polar surface area (TPSA) is 99.2 Å². The first-order chi connectivity index (χ1) is 16.5. The van der Waals surface area contributed by atoms with Gasteiger partial charge in [0.15, 0.2) is 0 Å². The van der Waals surface area contributed by atoms with Crippen LogP contribution in [0.2, 0.25) is 0 Å². The van der Waals surface area contributed by atoms with Crippen LogP contribution in [-0.4, -0.2) is 60.9 Å². The van der Waals surface area contributed by atoms with Crippen LogP contribution in [0.3, 0.4) is 0 Å². The standard InChI is InChI=1S/C23H24BrFN6O3/c24-8-2-1-3-22(32)27-13-18-14-31(23(33)34-18)17-5-6-19(20(25)11-17)16-4-7-21(26-12-16)30-10-9-28-29-15-30/h1-2,4-7,11-12,15,18,28H,3,8-10,13-14H2,(H,27,32)/b2-1-/t18-/m0/s1. The Morgan fingerprint density at radius 2 is 2.21 bits per heavy atom. The van der Waals surface area contributed by atoms with Crippen molar-refractivity contribution in [2.75, 3.05) is 41.3 Å². The smallest absolute Gasteiger partial charge is 0.414 e. The molecule has 0 aliphatic carbocycles. The molecule has 1 atom stereocenters. The number of carbonyl (C=O) groups is 2. The molecule has 9 nitrogen and oxygen atoms in total. The zero-order valence-electron chi connectivity index (χ0n) is 18.3. The maximum atomic E-state index is 15.0. The van der Waals surface area contributed by atoms with Crippen molar-refractivity contribution in [3.8, 4) is 11.1 Å². The number of allylic oxidation sites excluding steroid dienone is 1. The molecule has 0 spiro atoms. The zero-order chi connectivity index (χ0) is 23.9. The van der Waals surface area contributed by atoms with Gasteiger partial charge in [0.2, 0.25) is 5.91 Å². The first-order valence-corrected chi connectivity index (χ1v) is 11.9. The second-order valence-corrected chi connectivity index (χ2v) is 8.31. The number of nitrogens with zero attached hydrogens (tertiary/aromatic N) is 4. The summed E-state index contributed by atoms with van der Waals surface area (Å²) in [6, 6.07) is 8.20. The molecule has 1 aromatic heterocycles. The summed E-state index contributed by atoms with van der Waals surface area (Å²) in [7, 11) is 0. The Kier molecular flexibility index (Phi) is 7.73. The Morgan fingerprint density at radius 1 is 1.32 bits per heavy atom. The number of rotatable bonds is 8. The number of halogens is 2. The Labute approximate surface area is 204 Å². The first kappa shape index (κ1) is 23.7. The fourth-order valence-corrected chi connectivity index (χ4v) is 3.85. The van der Waals surface area contributed by atoms with Gasteiger partial charge in [-0.05, 0) is 30.3 Å². The molecular formula is C23H24BrFN6O3. The van der Waals surface area contributed by atoms with Gasteiger partial charge in [0, 0.05) is 35.6 Å². The molecule has 2 amide bonds. The molecule has 1 saturated heterocycles. The number of ether oxygens (including phenoxy) is 1. The minimum absolute atomic E-state index is 0.161. The highest BCUT2D eigenvalue weighted by atomic mass is 79.9.